The number of hydrogen-bond donors (Lipinski definition) is 1. The van der Waals surface area contributed by atoms with Crippen molar-refractivity contribution >= 4 is 0 Å². The van der Waals surface area contributed by atoms with Gasteiger partial charge in [-0.3, -0.25) is 0 Å². The molecule has 3 atom stereocenters. The quantitative estimate of drug-likeness (QED) is 0.696. The Hall–Kier alpha value is -1.02. The lowest BCUT2D eigenvalue weighted by atomic mass is 9.63. The fourth-order valence-corrected chi connectivity index (χ4v) is 3.49. The average Bonchev–Trinajstić information content (AvgIpc) is 2.63. The van der Waals surface area contributed by atoms with Crippen molar-refractivity contribution in [1.29, 1.82) is 0 Å². The molecule has 0 unspecified atom stereocenters. The molecule has 0 amide bonds. The molecule has 0 saturated carbocycles. The van der Waals surface area contributed by atoms with Gasteiger partial charge in [0.2, 0.25) is 0 Å². The SMILES string of the molecule is CC1=C[C@H]2c3c(C)coc3C[C@H](C)[C@@]2(O)CC1. The first-order chi connectivity index (χ1) is 8.02. The molecule has 0 bridgehead atoms. The second-order valence-corrected chi connectivity index (χ2v) is 5.84. The maximum absolute atomic E-state index is 11.0. The summed E-state index contributed by atoms with van der Waals surface area (Å²) in [4.78, 5) is 0. The number of aryl methyl sites for hydroxylation is 1. The zero-order valence-corrected chi connectivity index (χ0v) is 10.8. The summed E-state index contributed by atoms with van der Waals surface area (Å²) in [5.74, 6) is 1.49. The highest BCUT2D eigenvalue weighted by Crippen LogP contribution is 2.50. The molecule has 0 spiro atoms. The Labute approximate surface area is 102 Å². The highest BCUT2D eigenvalue weighted by molar-refractivity contribution is 5.42. The average molecular weight is 232 g/mol. The van der Waals surface area contributed by atoms with Crippen LogP contribution in [0.2, 0.25) is 0 Å². The van der Waals surface area contributed by atoms with Gasteiger partial charge in [-0.25, -0.2) is 0 Å². The van der Waals surface area contributed by atoms with Crippen LogP contribution in [0.3, 0.4) is 0 Å². The second-order valence-electron chi connectivity index (χ2n) is 5.84. The standard InChI is InChI=1S/C15H20O2/c1-9-4-5-15(16)11(3)7-13-14(12(15)6-9)10(2)8-17-13/h6,8,11-12,16H,4-5,7H2,1-3H3/t11-,12-,15-/m0/s1. The molecule has 2 nitrogen and oxygen atoms in total. The van der Waals surface area contributed by atoms with Crippen molar-refractivity contribution in [2.24, 2.45) is 5.92 Å². The van der Waals surface area contributed by atoms with Gasteiger partial charge in [-0.1, -0.05) is 18.6 Å². The third kappa shape index (κ3) is 1.43. The lowest BCUT2D eigenvalue weighted by Crippen LogP contribution is -2.47. The van der Waals surface area contributed by atoms with Crippen LogP contribution in [-0.4, -0.2) is 10.7 Å². The summed E-state index contributed by atoms with van der Waals surface area (Å²) >= 11 is 0. The summed E-state index contributed by atoms with van der Waals surface area (Å²) in [5, 5.41) is 11.0. The van der Waals surface area contributed by atoms with E-state index in [9.17, 15) is 5.11 Å². The van der Waals surface area contributed by atoms with Gasteiger partial charge in [0.05, 0.1) is 11.9 Å². The van der Waals surface area contributed by atoms with E-state index in [0.29, 0.717) is 0 Å². The molecule has 17 heavy (non-hydrogen) atoms. The van der Waals surface area contributed by atoms with Crippen LogP contribution in [0.15, 0.2) is 22.3 Å². The van der Waals surface area contributed by atoms with Crippen LogP contribution >= 0.6 is 0 Å². The van der Waals surface area contributed by atoms with Crippen LogP contribution in [0.1, 0.15) is 49.5 Å². The predicted molar refractivity (Wildman–Crippen MR) is 67.0 cm³/mol. The van der Waals surface area contributed by atoms with Crippen LogP contribution in [-0.2, 0) is 6.42 Å². The van der Waals surface area contributed by atoms with Crippen LogP contribution < -0.4 is 0 Å². The van der Waals surface area contributed by atoms with E-state index in [1.807, 2.05) is 6.26 Å². The number of hydrogen-bond acceptors (Lipinski definition) is 2. The van der Waals surface area contributed by atoms with Crippen LogP contribution in [0.25, 0.3) is 0 Å². The van der Waals surface area contributed by atoms with E-state index >= 15 is 0 Å². The molecule has 1 N–H and O–H groups in total. The molecule has 0 aliphatic heterocycles. The van der Waals surface area contributed by atoms with E-state index in [0.717, 1.165) is 25.0 Å². The maximum atomic E-state index is 11.0. The first-order valence-electron chi connectivity index (χ1n) is 6.49. The Balaban J connectivity index is 2.19. The van der Waals surface area contributed by atoms with Crippen molar-refractivity contribution < 1.29 is 9.52 Å². The zero-order chi connectivity index (χ0) is 12.2. The van der Waals surface area contributed by atoms with Crippen LogP contribution in [0, 0.1) is 12.8 Å². The molecule has 3 rings (SSSR count). The maximum Gasteiger partial charge on any atom is 0.108 e. The minimum atomic E-state index is -0.568. The highest BCUT2D eigenvalue weighted by atomic mass is 16.3. The Kier molecular flexibility index (Phi) is 2.27. The van der Waals surface area contributed by atoms with Gasteiger partial charge in [-0.15, -0.1) is 0 Å². The fourth-order valence-electron chi connectivity index (χ4n) is 3.49. The molecular weight excluding hydrogens is 212 g/mol. The molecule has 1 aromatic rings. The lowest BCUT2D eigenvalue weighted by Gasteiger charge is -2.46. The highest BCUT2D eigenvalue weighted by Gasteiger charge is 2.48. The van der Waals surface area contributed by atoms with E-state index in [1.54, 1.807) is 0 Å². The minimum absolute atomic E-state index is 0.133. The fraction of sp³-hybridized carbons (Fsp3) is 0.600. The van der Waals surface area contributed by atoms with Gasteiger partial charge in [-0.05, 0) is 38.2 Å². The smallest absolute Gasteiger partial charge is 0.108 e. The topological polar surface area (TPSA) is 33.4 Å². The largest absolute Gasteiger partial charge is 0.469 e. The summed E-state index contributed by atoms with van der Waals surface area (Å²) in [6, 6.07) is 0. The molecule has 0 aromatic carbocycles. The van der Waals surface area contributed by atoms with E-state index in [4.69, 9.17) is 4.42 Å². The lowest BCUT2D eigenvalue weighted by molar-refractivity contribution is -0.0458. The Morgan fingerprint density at radius 3 is 2.94 bits per heavy atom. The zero-order valence-electron chi connectivity index (χ0n) is 10.8. The monoisotopic (exact) mass is 232 g/mol. The first-order valence-corrected chi connectivity index (χ1v) is 6.49. The molecule has 0 fully saturated rings. The Bertz CT molecular complexity index is 483. The normalized spacial score (nSPS) is 36.1. The third-order valence-electron chi connectivity index (χ3n) is 4.67. The minimum Gasteiger partial charge on any atom is -0.469 e. The van der Waals surface area contributed by atoms with Crippen LogP contribution in [0.4, 0.5) is 0 Å². The number of fused-ring (bicyclic) bond motifs is 3. The number of allylic oxidation sites excluding steroid dienone is 1. The Morgan fingerprint density at radius 2 is 2.18 bits per heavy atom. The number of rotatable bonds is 0. The van der Waals surface area contributed by atoms with Gasteiger partial charge in [0, 0.05) is 17.9 Å². The van der Waals surface area contributed by atoms with Crippen molar-refractivity contribution in [2.45, 2.75) is 51.6 Å². The molecule has 0 radical (unpaired) electrons. The van der Waals surface area contributed by atoms with E-state index in [1.165, 1.54) is 16.7 Å². The first kappa shape index (κ1) is 11.1. The molecule has 2 heteroatoms. The molecular formula is C15H20O2. The summed E-state index contributed by atoms with van der Waals surface area (Å²) < 4.78 is 5.65. The van der Waals surface area contributed by atoms with Gasteiger partial charge in [-0.2, -0.15) is 0 Å². The van der Waals surface area contributed by atoms with Crippen molar-refractivity contribution in [3.63, 3.8) is 0 Å². The predicted octanol–water partition coefficient (Wildman–Crippen LogP) is 3.34. The summed E-state index contributed by atoms with van der Waals surface area (Å²) in [6.45, 7) is 6.38. The van der Waals surface area contributed by atoms with Gasteiger partial charge in [0.1, 0.15) is 5.76 Å². The number of aliphatic hydroxyl groups is 1. The molecule has 0 saturated heterocycles. The van der Waals surface area contributed by atoms with E-state index in [2.05, 4.69) is 26.8 Å². The summed E-state index contributed by atoms with van der Waals surface area (Å²) in [7, 11) is 0. The van der Waals surface area contributed by atoms with E-state index < -0.39 is 5.60 Å². The van der Waals surface area contributed by atoms with Crippen molar-refractivity contribution in [3.8, 4) is 0 Å². The summed E-state index contributed by atoms with van der Waals surface area (Å²) in [5.41, 5.74) is 3.24. The molecule has 1 heterocycles. The van der Waals surface area contributed by atoms with Gasteiger partial charge >= 0.3 is 0 Å². The van der Waals surface area contributed by atoms with Gasteiger partial charge in [0.25, 0.3) is 0 Å². The molecule has 2 aliphatic rings. The van der Waals surface area contributed by atoms with Gasteiger partial charge < -0.3 is 9.52 Å². The Morgan fingerprint density at radius 1 is 1.41 bits per heavy atom. The van der Waals surface area contributed by atoms with Crippen molar-refractivity contribution in [1.82, 2.24) is 0 Å². The molecule has 92 valence electrons. The van der Waals surface area contributed by atoms with Crippen LogP contribution in [0.5, 0.6) is 0 Å². The second kappa shape index (κ2) is 3.49. The van der Waals surface area contributed by atoms with E-state index in [-0.39, 0.29) is 11.8 Å². The third-order valence-corrected chi connectivity index (χ3v) is 4.67. The van der Waals surface area contributed by atoms with Crippen molar-refractivity contribution in [3.05, 3.63) is 34.8 Å². The van der Waals surface area contributed by atoms with Crippen molar-refractivity contribution in [2.75, 3.05) is 0 Å². The van der Waals surface area contributed by atoms with Gasteiger partial charge in [0.15, 0.2) is 0 Å². The number of furan rings is 1. The summed E-state index contributed by atoms with van der Waals surface area (Å²) in [6.07, 6.45) is 6.85. The molecule has 1 aromatic heterocycles. The molecule has 2 aliphatic carbocycles.